The first-order valence-corrected chi connectivity index (χ1v) is 6.56. The van der Waals surface area contributed by atoms with Gasteiger partial charge >= 0.3 is 0 Å². The van der Waals surface area contributed by atoms with Gasteiger partial charge in [0.2, 0.25) is 0 Å². The smallest absolute Gasteiger partial charge is 0.143 e. The largest absolute Gasteiger partial charge is 0.369 e. The number of hydrogen-bond acceptors (Lipinski definition) is 3. The standard InChI is InChI=1S/C13H11BrN4/c14-11-3-1-2-9(6-11)12-4-5-16-13-10(7-15)8-17-18(12)13/h1-3,6,8,12,16H,4-5H2/t12-/m1/s1. The molecule has 1 atom stereocenters. The highest BCUT2D eigenvalue weighted by Gasteiger charge is 2.24. The van der Waals surface area contributed by atoms with Gasteiger partial charge in [-0.2, -0.15) is 10.4 Å². The lowest BCUT2D eigenvalue weighted by Gasteiger charge is -2.26. The van der Waals surface area contributed by atoms with Crippen LogP contribution in [0.25, 0.3) is 0 Å². The molecule has 1 aromatic carbocycles. The van der Waals surface area contributed by atoms with E-state index in [-0.39, 0.29) is 6.04 Å². The molecular weight excluding hydrogens is 292 g/mol. The molecule has 0 saturated carbocycles. The van der Waals surface area contributed by atoms with Crippen molar-refractivity contribution in [2.24, 2.45) is 0 Å². The third-order valence-corrected chi connectivity index (χ3v) is 3.65. The summed E-state index contributed by atoms with van der Waals surface area (Å²) < 4.78 is 2.97. The van der Waals surface area contributed by atoms with Crippen molar-refractivity contribution >= 4 is 21.7 Å². The number of nitriles is 1. The third kappa shape index (κ3) is 1.79. The van der Waals surface area contributed by atoms with Gasteiger partial charge in [0.15, 0.2) is 0 Å². The molecule has 0 amide bonds. The Kier molecular flexibility index (Phi) is 2.80. The van der Waals surface area contributed by atoms with Crippen LogP contribution in [-0.4, -0.2) is 16.3 Å². The zero-order chi connectivity index (χ0) is 12.5. The fourth-order valence-electron chi connectivity index (χ4n) is 2.33. The molecular formula is C13H11BrN4. The lowest BCUT2D eigenvalue weighted by atomic mass is 10.0. The first kappa shape index (κ1) is 11.3. The zero-order valence-electron chi connectivity index (χ0n) is 9.60. The van der Waals surface area contributed by atoms with Gasteiger partial charge in [0, 0.05) is 11.0 Å². The number of halogens is 1. The van der Waals surface area contributed by atoms with Crippen molar-refractivity contribution in [3.05, 3.63) is 46.1 Å². The first-order valence-electron chi connectivity index (χ1n) is 5.76. The third-order valence-electron chi connectivity index (χ3n) is 3.15. The van der Waals surface area contributed by atoms with Crippen LogP contribution in [0.3, 0.4) is 0 Å². The molecule has 0 bridgehead atoms. The fourth-order valence-corrected chi connectivity index (χ4v) is 2.74. The van der Waals surface area contributed by atoms with Crippen molar-refractivity contribution in [3.63, 3.8) is 0 Å². The van der Waals surface area contributed by atoms with Gasteiger partial charge in [-0.05, 0) is 24.1 Å². The van der Waals surface area contributed by atoms with Crippen molar-refractivity contribution in [3.8, 4) is 6.07 Å². The number of aromatic nitrogens is 2. The molecule has 1 aromatic heterocycles. The molecule has 0 radical (unpaired) electrons. The summed E-state index contributed by atoms with van der Waals surface area (Å²) in [7, 11) is 0. The molecule has 0 aliphatic carbocycles. The average Bonchev–Trinajstić information content (AvgIpc) is 2.81. The zero-order valence-corrected chi connectivity index (χ0v) is 11.2. The number of nitrogens with zero attached hydrogens (tertiary/aromatic N) is 3. The molecule has 90 valence electrons. The van der Waals surface area contributed by atoms with Gasteiger partial charge in [-0.1, -0.05) is 28.1 Å². The van der Waals surface area contributed by atoms with Crippen LogP contribution in [0, 0.1) is 11.3 Å². The Labute approximate surface area is 113 Å². The predicted octanol–water partition coefficient (Wildman–Crippen LogP) is 2.92. The molecule has 1 aliphatic heterocycles. The van der Waals surface area contributed by atoms with Crippen molar-refractivity contribution < 1.29 is 0 Å². The second-order valence-corrected chi connectivity index (χ2v) is 5.17. The highest BCUT2D eigenvalue weighted by atomic mass is 79.9. The van der Waals surface area contributed by atoms with E-state index in [1.165, 1.54) is 5.56 Å². The van der Waals surface area contributed by atoms with Crippen LogP contribution in [0.1, 0.15) is 23.6 Å². The Morgan fingerprint density at radius 3 is 3.17 bits per heavy atom. The summed E-state index contributed by atoms with van der Waals surface area (Å²) >= 11 is 3.49. The minimum Gasteiger partial charge on any atom is -0.369 e. The lowest BCUT2D eigenvalue weighted by Crippen LogP contribution is -2.24. The fraction of sp³-hybridized carbons (Fsp3) is 0.231. The molecule has 2 aromatic rings. The highest BCUT2D eigenvalue weighted by Crippen LogP contribution is 2.31. The van der Waals surface area contributed by atoms with Crippen molar-refractivity contribution in [1.29, 1.82) is 5.26 Å². The molecule has 0 spiro atoms. The van der Waals surface area contributed by atoms with E-state index < -0.39 is 0 Å². The maximum Gasteiger partial charge on any atom is 0.143 e. The summed E-state index contributed by atoms with van der Waals surface area (Å²) in [6.07, 6.45) is 2.59. The summed E-state index contributed by atoms with van der Waals surface area (Å²) in [4.78, 5) is 0. The number of rotatable bonds is 1. The molecule has 0 fully saturated rings. The van der Waals surface area contributed by atoms with Gasteiger partial charge in [0.1, 0.15) is 17.5 Å². The monoisotopic (exact) mass is 302 g/mol. The number of nitrogens with one attached hydrogen (secondary N) is 1. The maximum atomic E-state index is 9.03. The second kappa shape index (κ2) is 4.46. The summed E-state index contributed by atoms with van der Waals surface area (Å²) in [5.41, 5.74) is 1.81. The van der Waals surface area contributed by atoms with E-state index in [9.17, 15) is 0 Å². The van der Waals surface area contributed by atoms with Crippen molar-refractivity contribution in [2.45, 2.75) is 12.5 Å². The van der Waals surface area contributed by atoms with E-state index in [1.54, 1.807) is 6.20 Å². The minimum atomic E-state index is 0.195. The summed E-state index contributed by atoms with van der Waals surface area (Å²) in [5, 5.41) is 16.6. The van der Waals surface area contributed by atoms with Crippen LogP contribution in [0.4, 0.5) is 5.82 Å². The second-order valence-electron chi connectivity index (χ2n) is 4.25. The van der Waals surface area contributed by atoms with E-state index in [2.05, 4.69) is 44.5 Å². The van der Waals surface area contributed by atoms with Gasteiger partial charge in [0.05, 0.1) is 12.2 Å². The Bertz CT molecular complexity index is 626. The van der Waals surface area contributed by atoms with Crippen LogP contribution in [0.15, 0.2) is 34.9 Å². The van der Waals surface area contributed by atoms with Gasteiger partial charge in [-0.15, -0.1) is 0 Å². The van der Waals surface area contributed by atoms with Crippen molar-refractivity contribution in [1.82, 2.24) is 9.78 Å². The minimum absolute atomic E-state index is 0.195. The van der Waals surface area contributed by atoms with E-state index in [0.29, 0.717) is 5.56 Å². The van der Waals surface area contributed by atoms with Crippen LogP contribution < -0.4 is 5.32 Å². The molecule has 1 N–H and O–H groups in total. The maximum absolute atomic E-state index is 9.03. The summed E-state index contributed by atoms with van der Waals surface area (Å²) in [6.45, 7) is 0.859. The number of anilines is 1. The van der Waals surface area contributed by atoms with Crippen LogP contribution in [0.2, 0.25) is 0 Å². The molecule has 18 heavy (non-hydrogen) atoms. The molecule has 4 nitrogen and oxygen atoms in total. The molecule has 1 aliphatic rings. The summed E-state index contributed by atoms with van der Waals surface area (Å²) in [5.74, 6) is 0.828. The summed E-state index contributed by atoms with van der Waals surface area (Å²) in [6, 6.07) is 10.6. The first-order chi connectivity index (χ1) is 8.79. The Balaban J connectivity index is 2.07. The molecule has 2 heterocycles. The predicted molar refractivity (Wildman–Crippen MR) is 72.3 cm³/mol. The highest BCUT2D eigenvalue weighted by molar-refractivity contribution is 9.10. The topological polar surface area (TPSA) is 53.6 Å². The van der Waals surface area contributed by atoms with E-state index >= 15 is 0 Å². The van der Waals surface area contributed by atoms with Gasteiger partial charge in [-0.3, -0.25) is 0 Å². The normalized spacial score (nSPS) is 17.7. The van der Waals surface area contributed by atoms with E-state index in [4.69, 9.17) is 5.26 Å². The number of hydrogen-bond donors (Lipinski definition) is 1. The van der Waals surface area contributed by atoms with Crippen LogP contribution in [-0.2, 0) is 0 Å². The average molecular weight is 303 g/mol. The molecule has 5 heteroatoms. The Morgan fingerprint density at radius 1 is 1.50 bits per heavy atom. The van der Waals surface area contributed by atoms with Crippen molar-refractivity contribution in [2.75, 3.05) is 11.9 Å². The SMILES string of the molecule is N#Cc1cnn2c1NCC[C@@H]2c1cccc(Br)c1. The number of benzene rings is 1. The Hall–Kier alpha value is -1.80. The van der Waals surface area contributed by atoms with Gasteiger partial charge in [0.25, 0.3) is 0 Å². The molecule has 0 unspecified atom stereocenters. The van der Waals surface area contributed by atoms with Gasteiger partial charge < -0.3 is 5.32 Å². The van der Waals surface area contributed by atoms with E-state index in [0.717, 1.165) is 23.3 Å². The molecule has 3 rings (SSSR count). The Morgan fingerprint density at radius 2 is 2.39 bits per heavy atom. The van der Waals surface area contributed by atoms with Crippen LogP contribution >= 0.6 is 15.9 Å². The molecule has 0 saturated heterocycles. The van der Waals surface area contributed by atoms with Crippen LogP contribution in [0.5, 0.6) is 0 Å². The van der Waals surface area contributed by atoms with Gasteiger partial charge in [-0.25, -0.2) is 4.68 Å². The van der Waals surface area contributed by atoms with E-state index in [1.807, 2.05) is 16.8 Å². The lowest BCUT2D eigenvalue weighted by molar-refractivity contribution is 0.481. The quantitative estimate of drug-likeness (QED) is 0.881. The number of fused-ring (bicyclic) bond motifs is 1.